The van der Waals surface area contributed by atoms with Crippen molar-refractivity contribution in [2.45, 2.75) is 37.7 Å². The molecule has 42 heavy (non-hydrogen) atoms. The average molecular weight is 599 g/mol. The maximum Gasteiger partial charge on any atom is 0.416 e. The number of carbonyl (C=O) groups is 2. The summed E-state index contributed by atoms with van der Waals surface area (Å²) in [4.78, 5) is 32.7. The lowest BCUT2D eigenvalue weighted by Crippen LogP contribution is -2.42. The fourth-order valence-corrected chi connectivity index (χ4v) is 4.99. The number of hydrogen-bond donors (Lipinski definition) is 2. The Morgan fingerprint density at radius 3 is 2.31 bits per heavy atom. The maximum atomic E-state index is 13.4. The number of aromatic amines is 1. The third kappa shape index (κ3) is 8.03. The normalized spacial score (nSPS) is 15.5. The second kappa shape index (κ2) is 13.2. The molecule has 4 rings (SSSR count). The maximum absolute atomic E-state index is 13.4. The van der Waals surface area contributed by atoms with E-state index in [-0.39, 0.29) is 24.8 Å². The van der Waals surface area contributed by atoms with E-state index in [0.29, 0.717) is 38.3 Å². The van der Waals surface area contributed by atoms with Gasteiger partial charge in [0.2, 0.25) is 5.91 Å². The van der Waals surface area contributed by atoms with Gasteiger partial charge in [0.1, 0.15) is 0 Å². The number of fused-ring (bicyclic) bond motifs is 1. The fraction of sp³-hybridized carbons (Fsp3) is 0.448. The van der Waals surface area contributed by atoms with Gasteiger partial charge in [-0.3, -0.25) is 14.5 Å². The molecule has 1 aliphatic rings. The molecule has 0 bridgehead atoms. The van der Waals surface area contributed by atoms with Crippen molar-refractivity contribution in [1.82, 2.24) is 20.1 Å². The predicted octanol–water partition coefficient (Wildman–Crippen LogP) is 5.12. The van der Waals surface area contributed by atoms with Gasteiger partial charge in [-0.1, -0.05) is 18.2 Å². The molecule has 2 heterocycles. The monoisotopic (exact) mass is 598 g/mol. The average Bonchev–Trinajstić information content (AvgIpc) is 3.36. The SMILES string of the molecule is CN(C(=O)c1cc(C(F)(F)F)cc(C(F)(F)F)c1)C(CC(=O)NCCCN1CCOCC1)Cc1c[nH]c2ccccc12. The van der Waals surface area contributed by atoms with E-state index < -0.39 is 41.0 Å². The second-order valence-electron chi connectivity index (χ2n) is 10.3. The first-order valence-corrected chi connectivity index (χ1v) is 13.5. The lowest BCUT2D eigenvalue weighted by atomic mass is 9.99. The molecule has 1 fully saturated rings. The van der Waals surface area contributed by atoms with Gasteiger partial charge in [-0.2, -0.15) is 26.3 Å². The molecule has 0 spiro atoms. The van der Waals surface area contributed by atoms with E-state index in [1.165, 1.54) is 7.05 Å². The molecule has 2 aromatic carbocycles. The first-order valence-electron chi connectivity index (χ1n) is 13.5. The standard InChI is InChI=1S/C29H32F6N4O3/c1-38(27(41)19-13-21(28(30,31)32)16-22(14-19)29(33,34)35)23(15-20-18-37-25-6-3-2-5-24(20)25)17-26(40)36-7-4-8-39-9-11-42-12-10-39/h2-3,5-6,13-14,16,18,23,37H,4,7-12,15,17H2,1H3,(H,36,40). The van der Waals surface area contributed by atoms with E-state index in [4.69, 9.17) is 4.74 Å². The number of nitrogens with zero attached hydrogens (tertiary/aromatic N) is 2. The highest BCUT2D eigenvalue weighted by atomic mass is 19.4. The molecule has 0 radical (unpaired) electrons. The van der Waals surface area contributed by atoms with Crippen LogP contribution in [0.25, 0.3) is 10.9 Å². The molecule has 0 saturated carbocycles. The Bertz CT molecular complexity index is 1350. The molecule has 0 aliphatic carbocycles. The summed E-state index contributed by atoms with van der Waals surface area (Å²) in [6.07, 6.45) is -7.87. The van der Waals surface area contributed by atoms with Crippen molar-refractivity contribution in [2.24, 2.45) is 0 Å². The minimum absolute atomic E-state index is 0.0232. The van der Waals surface area contributed by atoms with E-state index in [2.05, 4.69) is 15.2 Å². The van der Waals surface area contributed by atoms with Gasteiger partial charge in [-0.25, -0.2) is 0 Å². The van der Waals surface area contributed by atoms with Gasteiger partial charge in [0.15, 0.2) is 0 Å². The van der Waals surface area contributed by atoms with Crippen LogP contribution in [-0.4, -0.2) is 79.1 Å². The predicted molar refractivity (Wildman–Crippen MR) is 144 cm³/mol. The van der Waals surface area contributed by atoms with Crippen molar-refractivity contribution in [3.05, 3.63) is 70.9 Å². The van der Waals surface area contributed by atoms with Crippen LogP contribution in [0, 0.1) is 0 Å². The Hall–Kier alpha value is -3.58. The van der Waals surface area contributed by atoms with E-state index in [9.17, 15) is 35.9 Å². The topological polar surface area (TPSA) is 77.7 Å². The number of hydrogen-bond acceptors (Lipinski definition) is 4. The summed E-state index contributed by atoms with van der Waals surface area (Å²) in [6.45, 7) is 4.05. The van der Waals surface area contributed by atoms with Crippen LogP contribution >= 0.6 is 0 Å². The summed E-state index contributed by atoms with van der Waals surface area (Å²) in [5.74, 6) is -1.45. The number of halogens is 6. The van der Waals surface area contributed by atoms with Crippen molar-refractivity contribution >= 4 is 22.7 Å². The molecule has 228 valence electrons. The van der Waals surface area contributed by atoms with Gasteiger partial charge < -0.3 is 19.9 Å². The zero-order valence-corrected chi connectivity index (χ0v) is 22.9. The molecule has 7 nitrogen and oxygen atoms in total. The van der Waals surface area contributed by atoms with E-state index >= 15 is 0 Å². The lowest BCUT2D eigenvalue weighted by Gasteiger charge is -2.29. The largest absolute Gasteiger partial charge is 0.416 e. The van der Waals surface area contributed by atoms with Crippen LogP contribution in [0.15, 0.2) is 48.7 Å². The van der Waals surface area contributed by atoms with Crippen LogP contribution in [0.2, 0.25) is 0 Å². The second-order valence-corrected chi connectivity index (χ2v) is 10.3. The Balaban J connectivity index is 1.54. The van der Waals surface area contributed by atoms with Gasteiger partial charge >= 0.3 is 12.4 Å². The number of rotatable bonds is 10. The van der Waals surface area contributed by atoms with Crippen LogP contribution < -0.4 is 5.32 Å². The highest BCUT2D eigenvalue weighted by Crippen LogP contribution is 2.36. The number of H-pyrrole nitrogens is 1. The minimum atomic E-state index is -5.10. The summed E-state index contributed by atoms with van der Waals surface area (Å²) in [5.41, 5.74) is -2.38. The zero-order chi connectivity index (χ0) is 30.5. The minimum Gasteiger partial charge on any atom is -0.379 e. The Labute approximate surface area is 238 Å². The number of para-hydroxylation sites is 1. The van der Waals surface area contributed by atoms with Crippen molar-refractivity contribution in [2.75, 3.05) is 46.4 Å². The molecule has 2 N–H and O–H groups in total. The van der Waals surface area contributed by atoms with E-state index in [0.717, 1.165) is 41.0 Å². The van der Waals surface area contributed by atoms with Gasteiger partial charge in [-0.15, -0.1) is 0 Å². The van der Waals surface area contributed by atoms with Gasteiger partial charge in [0, 0.05) is 61.8 Å². The lowest BCUT2D eigenvalue weighted by molar-refractivity contribution is -0.143. The molecule has 3 aromatic rings. The number of amides is 2. The highest BCUT2D eigenvalue weighted by Gasteiger charge is 2.38. The molecule has 1 saturated heterocycles. The number of benzene rings is 2. The quantitative estimate of drug-likeness (QED) is 0.251. The van der Waals surface area contributed by atoms with Crippen LogP contribution in [0.3, 0.4) is 0 Å². The van der Waals surface area contributed by atoms with Crippen LogP contribution in [-0.2, 0) is 28.3 Å². The number of morpholine rings is 1. The molecular weight excluding hydrogens is 566 g/mol. The first kappa shape index (κ1) is 31.4. The van der Waals surface area contributed by atoms with Crippen molar-refractivity contribution in [3.63, 3.8) is 0 Å². The third-order valence-corrected chi connectivity index (χ3v) is 7.33. The first-order chi connectivity index (χ1) is 19.8. The fourth-order valence-electron chi connectivity index (χ4n) is 4.99. The number of aromatic nitrogens is 1. The van der Waals surface area contributed by atoms with Crippen molar-refractivity contribution in [3.8, 4) is 0 Å². The van der Waals surface area contributed by atoms with E-state index in [1.807, 2.05) is 24.3 Å². The van der Waals surface area contributed by atoms with E-state index in [1.54, 1.807) is 6.20 Å². The Kier molecular flexibility index (Phi) is 9.82. The van der Waals surface area contributed by atoms with Gasteiger partial charge in [0.25, 0.3) is 5.91 Å². The molecule has 1 atom stereocenters. The number of nitrogens with one attached hydrogen (secondary N) is 2. The summed E-state index contributed by atoms with van der Waals surface area (Å²) >= 11 is 0. The summed E-state index contributed by atoms with van der Waals surface area (Å²) in [6, 6.07) is 7.24. The summed E-state index contributed by atoms with van der Waals surface area (Å²) in [5, 5.41) is 3.65. The van der Waals surface area contributed by atoms with Crippen molar-refractivity contribution < 1.29 is 40.7 Å². The third-order valence-electron chi connectivity index (χ3n) is 7.33. The number of likely N-dealkylation sites (N-methyl/N-ethyl adjacent to an activating group) is 1. The van der Waals surface area contributed by atoms with Gasteiger partial charge in [-0.05, 0) is 49.2 Å². The smallest absolute Gasteiger partial charge is 0.379 e. The Morgan fingerprint density at radius 2 is 1.67 bits per heavy atom. The number of alkyl halides is 6. The van der Waals surface area contributed by atoms with Crippen LogP contribution in [0.1, 0.15) is 39.9 Å². The zero-order valence-electron chi connectivity index (χ0n) is 22.9. The number of ether oxygens (including phenoxy) is 1. The summed E-state index contributed by atoms with van der Waals surface area (Å²) in [7, 11) is 1.28. The molecule has 13 heteroatoms. The Morgan fingerprint density at radius 1 is 1.02 bits per heavy atom. The van der Waals surface area contributed by atoms with Crippen LogP contribution in [0.5, 0.6) is 0 Å². The molecule has 2 amide bonds. The molecule has 1 aliphatic heterocycles. The van der Waals surface area contributed by atoms with Crippen molar-refractivity contribution in [1.29, 1.82) is 0 Å². The molecule has 1 aromatic heterocycles. The summed E-state index contributed by atoms with van der Waals surface area (Å²) < 4.78 is 86.0. The van der Waals surface area contributed by atoms with Crippen LogP contribution in [0.4, 0.5) is 26.3 Å². The highest BCUT2D eigenvalue weighted by molar-refractivity contribution is 5.95. The number of carbonyl (C=O) groups excluding carboxylic acids is 2. The van der Waals surface area contributed by atoms with Gasteiger partial charge in [0.05, 0.1) is 24.3 Å². The molecule has 1 unspecified atom stereocenters. The molecular formula is C29H32F6N4O3.